The van der Waals surface area contributed by atoms with Gasteiger partial charge in [-0.05, 0) is 19.3 Å². The summed E-state index contributed by atoms with van der Waals surface area (Å²) in [5.41, 5.74) is 0. The summed E-state index contributed by atoms with van der Waals surface area (Å²) in [4.78, 5) is 0. The van der Waals surface area contributed by atoms with Crippen LogP contribution >= 0.6 is 0 Å². The Morgan fingerprint density at radius 2 is 1.50 bits per heavy atom. The van der Waals surface area contributed by atoms with E-state index in [1.54, 1.807) is 0 Å². The van der Waals surface area contributed by atoms with Crippen LogP contribution in [0.25, 0.3) is 0 Å². The fourth-order valence-electron chi connectivity index (χ4n) is 0.816. The molecule has 73 valence electrons. The highest BCUT2D eigenvalue weighted by molar-refractivity contribution is 4.38. The van der Waals surface area contributed by atoms with Crippen LogP contribution in [0, 0.1) is 0 Å². The Hall–Kier alpha value is -0.120. The van der Waals surface area contributed by atoms with E-state index in [4.69, 9.17) is 9.47 Å². The number of rotatable bonds is 9. The summed E-state index contributed by atoms with van der Waals surface area (Å²) < 4.78 is 10.3. The zero-order chi connectivity index (χ0) is 9.07. The van der Waals surface area contributed by atoms with E-state index < -0.39 is 0 Å². The van der Waals surface area contributed by atoms with Gasteiger partial charge in [0.1, 0.15) is 6.61 Å². The van der Waals surface area contributed by atoms with Gasteiger partial charge in [-0.1, -0.05) is 6.92 Å². The van der Waals surface area contributed by atoms with Gasteiger partial charge < -0.3 is 9.47 Å². The lowest BCUT2D eigenvalue weighted by Crippen LogP contribution is -2.02. The Bertz CT molecular complexity index is 66.2. The summed E-state index contributed by atoms with van der Waals surface area (Å²) in [7, 11) is 0. The standard InChI is InChI=1S/C9H19O3/c1-2-6-11-7-3-4-8-12-9-5-10/h2-9H2,1H3. The van der Waals surface area contributed by atoms with Crippen molar-refractivity contribution in [1.82, 2.24) is 0 Å². The van der Waals surface area contributed by atoms with Gasteiger partial charge in [0.15, 0.2) is 0 Å². The van der Waals surface area contributed by atoms with Crippen LogP contribution < -0.4 is 0 Å². The number of ether oxygens (including phenoxy) is 2. The minimum atomic E-state index is -0.133. The maximum atomic E-state index is 9.95. The van der Waals surface area contributed by atoms with Gasteiger partial charge in [-0.3, -0.25) is 0 Å². The highest BCUT2D eigenvalue weighted by Gasteiger charge is 1.89. The summed E-state index contributed by atoms with van der Waals surface area (Å²) in [6, 6.07) is 0. The molecular weight excluding hydrogens is 156 g/mol. The molecule has 0 aliphatic rings. The summed E-state index contributed by atoms with van der Waals surface area (Å²) >= 11 is 0. The van der Waals surface area contributed by atoms with E-state index in [1.165, 1.54) is 0 Å². The van der Waals surface area contributed by atoms with Crippen LogP contribution in [-0.4, -0.2) is 33.0 Å². The van der Waals surface area contributed by atoms with Crippen molar-refractivity contribution in [3.63, 3.8) is 0 Å². The van der Waals surface area contributed by atoms with Gasteiger partial charge >= 0.3 is 0 Å². The van der Waals surface area contributed by atoms with Crippen molar-refractivity contribution < 1.29 is 14.6 Å². The first kappa shape index (κ1) is 11.9. The van der Waals surface area contributed by atoms with Crippen LogP contribution in [0.1, 0.15) is 26.2 Å². The topological polar surface area (TPSA) is 38.4 Å². The quantitative estimate of drug-likeness (QED) is 0.500. The zero-order valence-corrected chi connectivity index (χ0v) is 7.88. The number of hydrogen-bond acceptors (Lipinski definition) is 2. The average molecular weight is 175 g/mol. The third-order valence-electron chi connectivity index (χ3n) is 1.40. The van der Waals surface area contributed by atoms with Crippen LogP contribution in [0.5, 0.6) is 0 Å². The molecule has 0 rings (SSSR count). The largest absolute Gasteiger partial charge is 0.381 e. The number of hydrogen-bond donors (Lipinski definition) is 0. The molecule has 0 unspecified atom stereocenters. The van der Waals surface area contributed by atoms with Crippen LogP contribution in [0.2, 0.25) is 0 Å². The Morgan fingerprint density at radius 1 is 0.917 bits per heavy atom. The summed E-state index contributed by atoms with van der Waals surface area (Å²) in [6.45, 7) is 4.66. The third-order valence-corrected chi connectivity index (χ3v) is 1.40. The van der Waals surface area contributed by atoms with E-state index in [-0.39, 0.29) is 6.61 Å². The maximum absolute atomic E-state index is 9.95. The second-order valence-corrected chi connectivity index (χ2v) is 2.64. The van der Waals surface area contributed by atoms with Gasteiger partial charge in [-0.15, -0.1) is 0 Å². The lowest BCUT2D eigenvalue weighted by atomic mass is 10.3. The van der Waals surface area contributed by atoms with Crippen LogP contribution in [0.3, 0.4) is 0 Å². The molecule has 0 aromatic rings. The molecule has 3 nitrogen and oxygen atoms in total. The fourth-order valence-corrected chi connectivity index (χ4v) is 0.816. The van der Waals surface area contributed by atoms with Crippen molar-refractivity contribution >= 4 is 0 Å². The molecule has 0 aliphatic carbocycles. The second kappa shape index (κ2) is 10.9. The van der Waals surface area contributed by atoms with E-state index in [0.717, 1.165) is 32.5 Å². The first-order chi connectivity index (χ1) is 5.91. The van der Waals surface area contributed by atoms with Gasteiger partial charge in [0.05, 0.1) is 6.61 Å². The SMILES string of the molecule is CCCOCCCCOCC[O]. The fraction of sp³-hybridized carbons (Fsp3) is 1.00. The highest BCUT2D eigenvalue weighted by Crippen LogP contribution is 1.91. The first-order valence-electron chi connectivity index (χ1n) is 4.65. The van der Waals surface area contributed by atoms with Crippen molar-refractivity contribution in [2.45, 2.75) is 26.2 Å². The Kier molecular flexibility index (Phi) is 10.8. The highest BCUT2D eigenvalue weighted by atomic mass is 16.5. The molecule has 0 heterocycles. The van der Waals surface area contributed by atoms with Crippen molar-refractivity contribution in [2.75, 3.05) is 33.0 Å². The molecule has 0 bridgehead atoms. The minimum absolute atomic E-state index is 0.133. The zero-order valence-electron chi connectivity index (χ0n) is 7.88. The van der Waals surface area contributed by atoms with Crippen LogP contribution in [0.15, 0.2) is 0 Å². The van der Waals surface area contributed by atoms with Gasteiger partial charge in [-0.2, -0.15) is 0 Å². The van der Waals surface area contributed by atoms with Crippen molar-refractivity contribution in [1.29, 1.82) is 0 Å². The Balaban J connectivity index is 2.73. The predicted molar refractivity (Wildman–Crippen MR) is 46.7 cm³/mol. The first-order valence-corrected chi connectivity index (χ1v) is 4.65. The van der Waals surface area contributed by atoms with E-state index in [2.05, 4.69) is 6.92 Å². The monoisotopic (exact) mass is 175 g/mol. The maximum Gasteiger partial charge on any atom is 0.106 e. The van der Waals surface area contributed by atoms with E-state index in [0.29, 0.717) is 13.2 Å². The average Bonchev–Trinajstić information content (AvgIpc) is 2.10. The molecule has 0 saturated carbocycles. The molecule has 1 radical (unpaired) electrons. The summed E-state index contributed by atoms with van der Waals surface area (Å²) in [5, 5.41) is 9.95. The molecular formula is C9H19O3. The molecule has 0 N–H and O–H groups in total. The van der Waals surface area contributed by atoms with Crippen molar-refractivity contribution in [3.8, 4) is 0 Å². The molecule has 0 aromatic carbocycles. The van der Waals surface area contributed by atoms with E-state index in [9.17, 15) is 5.11 Å². The summed E-state index contributed by atoms with van der Waals surface area (Å²) in [6.07, 6.45) is 3.09. The normalized spacial score (nSPS) is 10.5. The van der Waals surface area contributed by atoms with Crippen LogP contribution in [-0.2, 0) is 14.6 Å². The Morgan fingerprint density at radius 3 is 2.00 bits per heavy atom. The lowest BCUT2D eigenvalue weighted by molar-refractivity contribution is 0.0569. The molecule has 12 heavy (non-hydrogen) atoms. The molecule has 0 aliphatic heterocycles. The van der Waals surface area contributed by atoms with E-state index in [1.807, 2.05) is 0 Å². The molecule has 0 aromatic heterocycles. The van der Waals surface area contributed by atoms with Gasteiger partial charge in [0.25, 0.3) is 0 Å². The number of unbranched alkanes of at least 4 members (excludes halogenated alkanes) is 1. The Labute approximate surface area is 74.7 Å². The molecule has 0 fully saturated rings. The van der Waals surface area contributed by atoms with Gasteiger partial charge in [0.2, 0.25) is 0 Å². The van der Waals surface area contributed by atoms with Gasteiger partial charge in [0, 0.05) is 19.8 Å². The van der Waals surface area contributed by atoms with Crippen molar-refractivity contribution in [2.24, 2.45) is 0 Å². The smallest absolute Gasteiger partial charge is 0.106 e. The predicted octanol–water partition coefficient (Wildman–Crippen LogP) is 1.64. The molecule has 0 spiro atoms. The second-order valence-electron chi connectivity index (χ2n) is 2.64. The third kappa shape index (κ3) is 9.88. The molecule has 0 amide bonds. The van der Waals surface area contributed by atoms with E-state index >= 15 is 0 Å². The molecule has 0 saturated heterocycles. The van der Waals surface area contributed by atoms with Crippen molar-refractivity contribution in [3.05, 3.63) is 0 Å². The molecule has 3 heteroatoms. The molecule has 0 atom stereocenters. The minimum Gasteiger partial charge on any atom is -0.381 e. The lowest BCUT2D eigenvalue weighted by Gasteiger charge is -2.02. The van der Waals surface area contributed by atoms with Gasteiger partial charge in [-0.25, -0.2) is 5.11 Å². The van der Waals surface area contributed by atoms with Crippen LogP contribution in [0.4, 0.5) is 0 Å². The summed E-state index contributed by atoms with van der Waals surface area (Å²) in [5.74, 6) is 0.